The fourth-order valence-electron chi connectivity index (χ4n) is 2.97. The first-order valence-electron chi connectivity index (χ1n) is 7.84. The molecule has 1 aliphatic carbocycles. The molecule has 0 heterocycles. The van der Waals surface area contributed by atoms with Crippen LogP contribution in [0.25, 0.3) is 0 Å². The van der Waals surface area contributed by atoms with Gasteiger partial charge in [0.15, 0.2) is 11.5 Å². The van der Waals surface area contributed by atoms with Crippen LogP contribution in [0.2, 0.25) is 0 Å². The molecule has 0 atom stereocenters. The van der Waals surface area contributed by atoms with Gasteiger partial charge in [-0.05, 0) is 25.0 Å². The number of nitrogens with zero attached hydrogens (tertiary/aromatic N) is 1. The normalized spacial score (nSPS) is 15.5. The summed E-state index contributed by atoms with van der Waals surface area (Å²) in [5.74, 6) is 0.671. The molecule has 0 saturated heterocycles. The molecule has 1 amide bonds. The average Bonchev–Trinajstić information content (AvgIpc) is 3.05. The molecule has 134 valence electrons. The van der Waals surface area contributed by atoms with Crippen molar-refractivity contribution in [1.82, 2.24) is 4.31 Å². The Morgan fingerprint density at radius 1 is 1.21 bits per heavy atom. The van der Waals surface area contributed by atoms with Gasteiger partial charge in [0.1, 0.15) is 0 Å². The Hall–Kier alpha value is -1.80. The Balaban J connectivity index is 2.08. The van der Waals surface area contributed by atoms with Crippen LogP contribution in [0.5, 0.6) is 11.5 Å². The fraction of sp³-hybridized carbons (Fsp3) is 0.562. The van der Waals surface area contributed by atoms with Crippen LogP contribution in [0.1, 0.15) is 25.7 Å². The van der Waals surface area contributed by atoms with Gasteiger partial charge in [-0.15, -0.1) is 0 Å². The molecule has 1 saturated carbocycles. The maximum atomic E-state index is 12.3. The smallest absolute Gasteiger partial charge is 0.239 e. The molecule has 0 radical (unpaired) electrons. The molecule has 1 N–H and O–H groups in total. The van der Waals surface area contributed by atoms with Crippen molar-refractivity contribution in [2.24, 2.45) is 0 Å². The number of benzene rings is 1. The molecule has 7 nitrogen and oxygen atoms in total. The summed E-state index contributed by atoms with van der Waals surface area (Å²) < 4.78 is 35.6. The average molecular weight is 356 g/mol. The maximum Gasteiger partial charge on any atom is 0.239 e. The highest BCUT2D eigenvalue weighted by Gasteiger charge is 2.30. The second-order valence-electron chi connectivity index (χ2n) is 5.86. The zero-order valence-electron chi connectivity index (χ0n) is 14.2. The van der Waals surface area contributed by atoms with Crippen molar-refractivity contribution in [3.8, 4) is 11.5 Å². The van der Waals surface area contributed by atoms with Crippen molar-refractivity contribution in [2.75, 3.05) is 32.3 Å². The molecule has 1 aromatic carbocycles. The first-order chi connectivity index (χ1) is 11.3. The third kappa shape index (κ3) is 4.61. The first kappa shape index (κ1) is 18.5. The summed E-state index contributed by atoms with van der Waals surface area (Å²) in [6.07, 6.45) is 4.74. The maximum absolute atomic E-state index is 12.3. The zero-order valence-corrected chi connectivity index (χ0v) is 15.1. The summed E-state index contributed by atoms with van der Waals surface area (Å²) in [6.45, 7) is -0.183. The van der Waals surface area contributed by atoms with Crippen LogP contribution in [-0.4, -0.2) is 51.7 Å². The number of carbonyl (C=O) groups is 1. The lowest BCUT2D eigenvalue weighted by atomic mass is 10.2. The predicted octanol–water partition coefficient (Wildman–Crippen LogP) is 1.85. The third-order valence-electron chi connectivity index (χ3n) is 4.12. The monoisotopic (exact) mass is 356 g/mol. The Bertz CT molecular complexity index is 684. The molecular formula is C16H24N2O5S. The molecule has 0 bridgehead atoms. The van der Waals surface area contributed by atoms with Gasteiger partial charge in [-0.1, -0.05) is 12.8 Å². The topological polar surface area (TPSA) is 84.9 Å². The highest BCUT2D eigenvalue weighted by molar-refractivity contribution is 7.88. The number of ether oxygens (including phenoxy) is 2. The molecular weight excluding hydrogens is 332 g/mol. The van der Waals surface area contributed by atoms with Crippen molar-refractivity contribution in [3.63, 3.8) is 0 Å². The van der Waals surface area contributed by atoms with Gasteiger partial charge in [0, 0.05) is 17.8 Å². The number of amides is 1. The van der Waals surface area contributed by atoms with E-state index in [1.54, 1.807) is 18.2 Å². The molecule has 1 fully saturated rings. The van der Waals surface area contributed by atoms with Gasteiger partial charge >= 0.3 is 0 Å². The van der Waals surface area contributed by atoms with Gasteiger partial charge < -0.3 is 14.8 Å². The number of methoxy groups -OCH3 is 2. The van der Waals surface area contributed by atoms with Crippen molar-refractivity contribution in [3.05, 3.63) is 18.2 Å². The van der Waals surface area contributed by atoms with Crippen LogP contribution < -0.4 is 14.8 Å². The van der Waals surface area contributed by atoms with Crippen LogP contribution in [-0.2, 0) is 14.8 Å². The van der Waals surface area contributed by atoms with Gasteiger partial charge in [0.2, 0.25) is 15.9 Å². The number of carbonyl (C=O) groups excluding carboxylic acids is 1. The van der Waals surface area contributed by atoms with E-state index in [4.69, 9.17) is 9.47 Å². The van der Waals surface area contributed by atoms with Crippen molar-refractivity contribution < 1.29 is 22.7 Å². The van der Waals surface area contributed by atoms with Gasteiger partial charge in [0.25, 0.3) is 0 Å². The SMILES string of the molecule is COc1ccc(NC(=O)CN(C2CCCC2)S(C)(=O)=O)cc1OC. The Morgan fingerprint density at radius 2 is 1.83 bits per heavy atom. The summed E-state index contributed by atoms with van der Waals surface area (Å²) >= 11 is 0. The van der Waals surface area contributed by atoms with Crippen LogP contribution >= 0.6 is 0 Å². The number of hydrogen-bond acceptors (Lipinski definition) is 5. The molecule has 2 rings (SSSR count). The Labute approximate surface area is 143 Å². The van der Waals surface area contributed by atoms with Gasteiger partial charge in [0.05, 0.1) is 27.0 Å². The van der Waals surface area contributed by atoms with Crippen LogP contribution in [0.15, 0.2) is 18.2 Å². The largest absolute Gasteiger partial charge is 0.493 e. The summed E-state index contributed by atoms with van der Waals surface area (Å²) in [5.41, 5.74) is 0.525. The number of rotatable bonds is 7. The standard InChI is InChI=1S/C16H24N2O5S/c1-22-14-9-8-12(10-15(14)23-2)17-16(19)11-18(24(3,20)21)13-6-4-5-7-13/h8-10,13H,4-7,11H2,1-3H3,(H,17,19). The van der Waals surface area contributed by atoms with Crippen LogP contribution in [0, 0.1) is 0 Å². The Morgan fingerprint density at radius 3 is 2.38 bits per heavy atom. The number of anilines is 1. The summed E-state index contributed by atoms with van der Waals surface area (Å²) in [6, 6.07) is 4.91. The summed E-state index contributed by atoms with van der Waals surface area (Å²) in [5, 5.41) is 2.71. The lowest BCUT2D eigenvalue weighted by Gasteiger charge is -2.25. The third-order valence-corrected chi connectivity index (χ3v) is 5.40. The van der Waals surface area contributed by atoms with E-state index >= 15 is 0 Å². The van der Waals surface area contributed by atoms with E-state index in [-0.39, 0.29) is 18.5 Å². The fourth-order valence-corrected chi connectivity index (χ4v) is 4.07. The highest BCUT2D eigenvalue weighted by atomic mass is 32.2. The molecule has 0 unspecified atom stereocenters. The minimum absolute atomic E-state index is 0.0869. The van der Waals surface area contributed by atoms with Gasteiger partial charge in [-0.25, -0.2) is 8.42 Å². The number of sulfonamides is 1. The molecule has 0 aliphatic heterocycles. The summed E-state index contributed by atoms with van der Waals surface area (Å²) in [4.78, 5) is 12.3. The second-order valence-corrected chi connectivity index (χ2v) is 7.80. The van der Waals surface area contributed by atoms with Gasteiger partial charge in [-0.2, -0.15) is 4.31 Å². The van der Waals surface area contributed by atoms with E-state index < -0.39 is 10.0 Å². The van der Waals surface area contributed by atoms with E-state index in [9.17, 15) is 13.2 Å². The van der Waals surface area contributed by atoms with Gasteiger partial charge in [-0.3, -0.25) is 4.79 Å². The van der Waals surface area contributed by atoms with E-state index in [0.717, 1.165) is 31.9 Å². The molecule has 1 aromatic rings. The highest BCUT2D eigenvalue weighted by Crippen LogP contribution is 2.30. The summed E-state index contributed by atoms with van der Waals surface area (Å²) in [7, 11) is -0.393. The Kier molecular flexibility index (Phi) is 6.06. The lowest BCUT2D eigenvalue weighted by Crippen LogP contribution is -2.43. The molecule has 1 aliphatic rings. The quantitative estimate of drug-likeness (QED) is 0.806. The molecule has 0 spiro atoms. The van der Waals surface area contributed by atoms with Crippen LogP contribution in [0.4, 0.5) is 5.69 Å². The molecule has 8 heteroatoms. The van der Waals surface area contributed by atoms with E-state index in [2.05, 4.69) is 5.32 Å². The zero-order chi connectivity index (χ0) is 17.7. The first-order valence-corrected chi connectivity index (χ1v) is 9.68. The minimum Gasteiger partial charge on any atom is -0.493 e. The minimum atomic E-state index is -3.43. The van der Waals surface area contributed by atoms with Crippen molar-refractivity contribution >= 4 is 21.6 Å². The molecule has 24 heavy (non-hydrogen) atoms. The second kappa shape index (κ2) is 7.85. The lowest BCUT2D eigenvalue weighted by molar-refractivity contribution is -0.116. The number of nitrogens with one attached hydrogen (secondary N) is 1. The van der Waals surface area contributed by atoms with E-state index in [0.29, 0.717) is 17.2 Å². The van der Waals surface area contributed by atoms with Crippen molar-refractivity contribution in [2.45, 2.75) is 31.7 Å². The van der Waals surface area contributed by atoms with Crippen LogP contribution in [0.3, 0.4) is 0 Å². The van der Waals surface area contributed by atoms with E-state index in [1.807, 2.05) is 0 Å². The molecule has 0 aromatic heterocycles. The number of hydrogen-bond donors (Lipinski definition) is 1. The van der Waals surface area contributed by atoms with E-state index in [1.165, 1.54) is 18.5 Å². The predicted molar refractivity (Wildman–Crippen MR) is 92.0 cm³/mol. The van der Waals surface area contributed by atoms with Crippen molar-refractivity contribution in [1.29, 1.82) is 0 Å².